The molecule has 0 amide bonds. The van der Waals surface area contributed by atoms with Crippen LogP contribution in [-0.2, 0) is 0 Å². The Kier molecular flexibility index (Phi) is 4.21. The molecule has 5 heteroatoms. The van der Waals surface area contributed by atoms with Crippen molar-refractivity contribution in [3.05, 3.63) is 75.6 Å². The first kappa shape index (κ1) is 15.4. The number of halogens is 2. The third kappa shape index (κ3) is 3.29. The number of carbonyl (C=O) groups is 1. The topological polar surface area (TPSA) is 53.0 Å². The number of rotatable bonds is 3. The number of carbonyl (C=O) groups excluding carboxylic acids is 1. The van der Waals surface area contributed by atoms with Crippen LogP contribution in [0, 0.1) is 5.82 Å². The average Bonchev–Trinajstić information content (AvgIpc) is 2.55. The Labute approximate surface area is 140 Å². The number of aromatic carboxylic acids is 1. The number of nitrogens with zero attached hydrogens (tertiary/aromatic N) is 1. The second-order valence-electron chi connectivity index (χ2n) is 4.91. The number of pyridine rings is 1. The van der Waals surface area contributed by atoms with Crippen molar-refractivity contribution >= 4 is 45.0 Å². The summed E-state index contributed by atoms with van der Waals surface area (Å²) in [5.74, 6) is -1.59. The lowest BCUT2D eigenvalue weighted by atomic mass is 10.1. The average molecular weight is 371 g/mol. The van der Waals surface area contributed by atoms with Crippen molar-refractivity contribution < 1.29 is 14.3 Å². The van der Waals surface area contributed by atoms with E-state index < -0.39 is 5.97 Å². The van der Waals surface area contributed by atoms with Gasteiger partial charge in [-0.15, -0.1) is 0 Å². The first-order valence-electron chi connectivity index (χ1n) is 6.79. The van der Waals surface area contributed by atoms with E-state index in [9.17, 15) is 14.3 Å². The Morgan fingerprint density at radius 2 is 1.91 bits per heavy atom. The van der Waals surface area contributed by atoms with E-state index in [0.717, 1.165) is 5.56 Å². The minimum Gasteiger partial charge on any atom is -0.545 e. The van der Waals surface area contributed by atoms with Crippen molar-refractivity contribution in [2.45, 2.75) is 0 Å². The second-order valence-corrected chi connectivity index (χ2v) is 5.76. The number of carboxylic acids is 1. The largest absolute Gasteiger partial charge is 0.545 e. The highest BCUT2D eigenvalue weighted by Gasteiger charge is 2.05. The van der Waals surface area contributed by atoms with Crippen LogP contribution in [0.3, 0.4) is 0 Å². The van der Waals surface area contributed by atoms with Gasteiger partial charge in [0, 0.05) is 10.9 Å². The van der Waals surface area contributed by atoms with Gasteiger partial charge in [0.1, 0.15) is 5.82 Å². The van der Waals surface area contributed by atoms with Crippen LogP contribution < -0.4 is 5.11 Å². The van der Waals surface area contributed by atoms with Crippen LogP contribution in [-0.4, -0.2) is 11.0 Å². The predicted molar refractivity (Wildman–Crippen MR) is 89.1 cm³/mol. The molecule has 3 rings (SSSR count). The second kappa shape index (κ2) is 6.30. The molecule has 0 fully saturated rings. The standard InChI is InChI=1S/C18H11BrFNO2/c19-15-9-11(6-8-16(15)20)5-7-12-10-14(18(22)23)13-3-1-2-4-17(13)21-12/h1-10H,(H,22,23)/p-1/b7-5+. The molecular formula is C18H10BrFNO2-. The molecule has 3 nitrogen and oxygen atoms in total. The first-order valence-corrected chi connectivity index (χ1v) is 7.58. The smallest absolute Gasteiger partial charge is 0.137 e. The molecule has 0 spiro atoms. The van der Waals surface area contributed by atoms with Crippen molar-refractivity contribution in [3.63, 3.8) is 0 Å². The quantitative estimate of drug-likeness (QED) is 0.706. The molecule has 0 aliphatic rings. The number of hydrogen-bond donors (Lipinski definition) is 0. The molecule has 3 aromatic rings. The number of hydrogen-bond acceptors (Lipinski definition) is 3. The molecule has 23 heavy (non-hydrogen) atoms. The third-order valence-electron chi connectivity index (χ3n) is 3.35. The fourth-order valence-corrected chi connectivity index (χ4v) is 2.64. The van der Waals surface area contributed by atoms with Gasteiger partial charge in [-0.1, -0.05) is 30.3 Å². The molecule has 0 N–H and O–H groups in total. The number of carboxylic acid groups (broad SMARTS) is 1. The summed E-state index contributed by atoms with van der Waals surface area (Å²) in [6, 6.07) is 13.0. The SMILES string of the molecule is O=C([O-])c1cc(/C=C/c2ccc(F)c(Br)c2)nc2ccccc12. The van der Waals surface area contributed by atoms with Crippen LogP contribution in [0.4, 0.5) is 4.39 Å². The maximum atomic E-state index is 13.2. The summed E-state index contributed by atoms with van der Waals surface area (Å²) in [4.78, 5) is 15.7. The van der Waals surface area contributed by atoms with E-state index in [1.807, 2.05) is 0 Å². The molecule has 1 heterocycles. The molecule has 0 atom stereocenters. The van der Waals surface area contributed by atoms with Crippen molar-refractivity contribution in [2.75, 3.05) is 0 Å². The Hall–Kier alpha value is -2.53. The van der Waals surface area contributed by atoms with Gasteiger partial charge in [0.2, 0.25) is 0 Å². The highest BCUT2D eigenvalue weighted by Crippen LogP contribution is 2.21. The fraction of sp³-hybridized carbons (Fsp3) is 0. The highest BCUT2D eigenvalue weighted by molar-refractivity contribution is 9.10. The molecule has 2 aromatic carbocycles. The molecule has 0 aliphatic heterocycles. The van der Waals surface area contributed by atoms with E-state index in [-0.39, 0.29) is 11.4 Å². The van der Waals surface area contributed by atoms with E-state index in [4.69, 9.17) is 0 Å². The molecule has 1 aromatic heterocycles. The van der Waals surface area contributed by atoms with Gasteiger partial charge in [0.15, 0.2) is 0 Å². The van der Waals surface area contributed by atoms with Crippen LogP contribution in [0.15, 0.2) is 53.0 Å². The molecule has 0 bridgehead atoms. The van der Waals surface area contributed by atoms with Gasteiger partial charge < -0.3 is 9.90 Å². The van der Waals surface area contributed by atoms with Crippen LogP contribution in [0.5, 0.6) is 0 Å². The van der Waals surface area contributed by atoms with Gasteiger partial charge in [0.05, 0.1) is 21.7 Å². The number of benzene rings is 2. The molecule has 0 aliphatic carbocycles. The van der Waals surface area contributed by atoms with E-state index in [1.165, 1.54) is 12.1 Å². The zero-order valence-electron chi connectivity index (χ0n) is 11.8. The Balaban J connectivity index is 2.04. The van der Waals surface area contributed by atoms with Gasteiger partial charge in [-0.3, -0.25) is 0 Å². The lowest BCUT2D eigenvalue weighted by Crippen LogP contribution is -2.22. The van der Waals surface area contributed by atoms with Gasteiger partial charge in [-0.2, -0.15) is 0 Å². The van der Waals surface area contributed by atoms with E-state index in [1.54, 1.807) is 48.6 Å². The lowest BCUT2D eigenvalue weighted by Gasteiger charge is -2.08. The highest BCUT2D eigenvalue weighted by atomic mass is 79.9. The molecule has 114 valence electrons. The van der Waals surface area contributed by atoms with Gasteiger partial charge in [-0.25, -0.2) is 9.37 Å². The van der Waals surface area contributed by atoms with Crippen LogP contribution >= 0.6 is 15.9 Å². The number of fused-ring (bicyclic) bond motifs is 1. The zero-order valence-corrected chi connectivity index (χ0v) is 13.4. The first-order chi connectivity index (χ1) is 11.0. The fourth-order valence-electron chi connectivity index (χ4n) is 2.25. The zero-order chi connectivity index (χ0) is 16.4. The van der Waals surface area contributed by atoms with E-state index in [0.29, 0.717) is 21.1 Å². The van der Waals surface area contributed by atoms with Crippen molar-refractivity contribution in [1.82, 2.24) is 4.98 Å². The van der Waals surface area contributed by atoms with Crippen LogP contribution in [0.2, 0.25) is 0 Å². The van der Waals surface area contributed by atoms with Gasteiger partial charge in [0.25, 0.3) is 0 Å². The molecule has 0 saturated carbocycles. The molecule has 0 unspecified atom stereocenters. The summed E-state index contributed by atoms with van der Waals surface area (Å²) in [6.45, 7) is 0. The monoisotopic (exact) mass is 370 g/mol. The van der Waals surface area contributed by atoms with Crippen molar-refractivity contribution in [3.8, 4) is 0 Å². The Bertz CT molecular complexity index is 937. The lowest BCUT2D eigenvalue weighted by molar-refractivity contribution is -0.254. The van der Waals surface area contributed by atoms with E-state index in [2.05, 4.69) is 20.9 Å². The summed E-state index contributed by atoms with van der Waals surface area (Å²) in [6.07, 6.45) is 3.42. The van der Waals surface area contributed by atoms with Gasteiger partial charge in [-0.05, 0) is 51.8 Å². The summed E-state index contributed by atoms with van der Waals surface area (Å²) in [5, 5.41) is 11.8. The maximum Gasteiger partial charge on any atom is 0.137 e. The number of aromatic nitrogens is 1. The Morgan fingerprint density at radius 3 is 2.65 bits per heavy atom. The summed E-state index contributed by atoms with van der Waals surface area (Å²) in [5.41, 5.74) is 1.93. The van der Waals surface area contributed by atoms with Crippen LogP contribution in [0.1, 0.15) is 21.6 Å². The van der Waals surface area contributed by atoms with Crippen molar-refractivity contribution in [1.29, 1.82) is 0 Å². The van der Waals surface area contributed by atoms with E-state index >= 15 is 0 Å². The molecular weight excluding hydrogens is 361 g/mol. The summed E-state index contributed by atoms with van der Waals surface area (Å²) in [7, 11) is 0. The van der Waals surface area contributed by atoms with Crippen molar-refractivity contribution in [2.24, 2.45) is 0 Å². The Morgan fingerprint density at radius 1 is 1.13 bits per heavy atom. The maximum absolute atomic E-state index is 13.2. The normalized spacial score (nSPS) is 11.2. The minimum atomic E-state index is -1.25. The predicted octanol–water partition coefficient (Wildman–Crippen LogP) is 3.67. The summed E-state index contributed by atoms with van der Waals surface area (Å²) < 4.78 is 13.6. The number of para-hydroxylation sites is 1. The molecule has 0 saturated heterocycles. The van der Waals surface area contributed by atoms with Gasteiger partial charge >= 0.3 is 0 Å². The third-order valence-corrected chi connectivity index (χ3v) is 3.95. The minimum absolute atomic E-state index is 0.0931. The molecule has 0 radical (unpaired) electrons. The summed E-state index contributed by atoms with van der Waals surface area (Å²) >= 11 is 3.13. The van der Waals surface area contributed by atoms with Crippen LogP contribution in [0.25, 0.3) is 23.1 Å².